The Morgan fingerprint density at radius 2 is 1.40 bits per heavy atom. The molecule has 3 aromatic carbocycles. The first-order valence-electron chi connectivity index (χ1n) is 6.64. The number of hydrogen-bond donors (Lipinski definition) is 1. The molecular weight excluding hydrogens is 246 g/mol. The molecule has 1 aliphatic rings. The second-order valence-electron chi connectivity index (χ2n) is 4.77. The first-order chi connectivity index (χ1) is 9.92. The van der Waals surface area contributed by atoms with Crippen molar-refractivity contribution >= 4 is 11.4 Å². The van der Waals surface area contributed by atoms with Crippen LogP contribution < -0.4 is 10.1 Å². The molecule has 4 rings (SSSR count). The summed E-state index contributed by atoms with van der Waals surface area (Å²) in [5, 5.41) is 3.48. The van der Waals surface area contributed by atoms with Crippen molar-refractivity contribution in [3.8, 4) is 22.6 Å². The largest absolute Gasteiger partial charge is 0.453 e. The SMILES string of the molecule is c1ccc(-c2cccc3c2Nc2ccccc2O3)cc1. The number of ether oxygens (including phenoxy) is 1. The molecule has 0 radical (unpaired) electrons. The van der Waals surface area contributed by atoms with Gasteiger partial charge in [0.05, 0.1) is 11.4 Å². The maximum atomic E-state index is 5.98. The fourth-order valence-electron chi connectivity index (χ4n) is 2.52. The highest BCUT2D eigenvalue weighted by Crippen LogP contribution is 2.46. The van der Waals surface area contributed by atoms with Crippen molar-refractivity contribution in [1.29, 1.82) is 0 Å². The van der Waals surface area contributed by atoms with E-state index >= 15 is 0 Å². The fraction of sp³-hybridized carbons (Fsp3) is 0. The first kappa shape index (κ1) is 11.1. The summed E-state index contributed by atoms with van der Waals surface area (Å²) in [7, 11) is 0. The molecule has 0 unspecified atom stereocenters. The Morgan fingerprint density at radius 3 is 2.30 bits per heavy atom. The monoisotopic (exact) mass is 259 g/mol. The van der Waals surface area contributed by atoms with E-state index < -0.39 is 0 Å². The molecule has 0 bridgehead atoms. The van der Waals surface area contributed by atoms with Crippen LogP contribution in [-0.2, 0) is 0 Å². The van der Waals surface area contributed by atoms with Gasteiger partial charge in [-0.05, 0) is 23.8 Å². The standard InChI is InChI=1S/C18H13NO/c1-2-7-13(8-3-1)14-9-6-12-17-18(14)19-15-10-4-5-11-16(15)20-17/h1-12,19H. The van der Waals surface area contributed by atoms with Crippen molar-refractivity contribution < 1.29 is 4.74 Å². The summed E-state index contributed by atoms with van der Waals surface area (Å²) >= 11 is 0. The average molecular weight is 259 g/mol. The average Bonchev–Trinajstić information content (AvgIpc) is 2.53. The zero-order valence-electron chi connectivity index (χ0n) is 10.8. The minimum atomic E-state index is 0.866. The summed E-state index contributed by atoms with van der Waals surface area (Å²) in [5.74, 6) is 1.73. The van der Waals surface area contributed by atoms with E-state index in [1.165, 1.54) is 5.56 Å². The van der Waals surface area contributed by atoms with Crippen molar-refractivity contribution in [1.82, 2.24) is 0 Å². The molecule has 0 aromatic heterocycles. The molecule has 0 fully saturated rings. The quantitative estimate of drug-likeness (QED) is 0.507. The molecule has 2 heteroatoms. The van der Waals surface area contributed by atoms with E-state index in [-0.39, 0.29) is 0 Å². The van der Waals surface area contributed by atoms with Crippen LogP contribution in [0.4, 0.5) is 11.4 Å². The van der Waals surface area contributed by atoms with Crippen LogP contribution in [-0.4, -0.2) is 0 Å². The zero-order valence-corrected chi connectivity index (χ0v) is 10.8. The smallest absolute Gasteiger partial charge is 0.151 e. The van der Waals surface area contributed by atoms with E-state index in [9.17, 15) is 0 Å². The van der Waals surface area contributed by atoms with Gasteiger partial charge in [-0.2, -0.15) is 0 Å². The third kappa shape index (κ3) is 1.74. The number of para-hydroxylation sites is 3. The van der Waals surface area contributed by atoms with Crippen molar-refractivity contribution in [3.63, 3.8) is 0 Å². The van der Waals surface area contributed by atoms with E-state index in [1.807, 2.05) is 54.6 Å². The van der Waals surface area contributed by atoms with Crippen LogP contribution >= 0.6 is 0 Å². The molecule has 3 aromatic rings. The lowest BCUT2D eigenvalue weighted by atomic mass is 10.0. The molecule has 1 N–H and O–H groups in total. The van der Waals surface area contributed by atoms with Crippen molar-refractivity contribution in [2.24, 2.45) is 0 Å². The van der Waals surface area contributed by atoms with Gasteiger partial charge in [-0.3, -0.25) is 0 Å². The van der Waals surface area contributed by atoms with Gasteiger partial charge < -0.3 is 10.1 Å². The Balaban J connectivity index is 1.87. The number of anilines is 2. The molecule has 1 heterocycles. The van der Waals surface area contributed by atoms with E-state index in [0.717, 1.165) is 28.4 Å². The van der Waals surface area contributed by atoms with Gasteiger partial charge in [0.15, 0.2) is 11.5 Å². The Bertz CT molecular complexity index is 765. The maximum absolute atomic E-state index is 5.98. The topological polar surface area (TPSA) is 21.3 Å². The van der Waals surface area contributed by atoms with Gasteiger partial charge >= 0.3 is 0 Å². The van der Waals surface area contributed by atoms with E-state index in [2.05, 4.69) is 23.5 Å². The van der Waals surface area contributed by atoms with Gasteiger partial charge in [0.2, 0.25) is 0 Å². The minimum absolute atomic E-state index is 0.866. The Hall–Kier alpha value is -2.74. The lowest BCUT2D eigenvalue weighted by Crippen LogP contribution is -2.03. The Morgan fingerprint density at radius 1 is 0.650 bits per heavy atom. The van der Waals surface area contributed by atoms with Crippen LogP contribution in [0, 0.1) is 0 Å². The summed E-state index contributed by atoms with van der Waals surface area (Å²) in [6.45, 7) is 0. The molecule has 0 amide bonds. The fourth-order valence-corrected chi connectivity index (χ4v) is 2.52. The van der Waals surface area contributed by atoms with Crippen molar-refractivity contribution in [3.05, 3.63) is 72.8 Å². The number of nitrogens with one attached hydrogen (secondary N) is 1. The molecule has 0 saturated heterocycles. The minimum Gasteiger partial charge on any atom is -0.453 e. The highest BCUT2D eigenvalue weighted by molar-refractivity contribution is 5.88. The number of benzene rings is 3. The molecular formula is C18H13NO. The van der Waals surface area contributed by atoms with Crippen molar-refractivity contribution in [2.75, 3.05) is 5.32 Å². The molecule has 20 heavy (non-hydrogen) atoms. The van der Waals surface area contributed by atoms with Crippen LogP contribution in [0.3, 0.4) is 0 Å². The molecule has 1 aliphatic heterocycles. The zero-order chi connectivity index (χ0) is 13.4. The van der Waals surface area contributed by atoms with Gasteiger partial charge in [-0.25, -0.2) is 0 Å². The van der Waals surface area contributed by atoms with Gasteiger partial charge in [0.25, 0.3) is 0 Å². The number of rotatable bonds is 1. The number of hydrogen-bond acceptors (Lipinski definition) is 2. The molecule has 0 atom stereocenters. The molecule has 2 nitrogen and oxygen atoms in total. The Kier molecular flexibility index (Phi) is 2.46. The van der Waals surface area contributed by atoms with E-state index in [4.69, 9.17) is 4.74 Å². The second-order valence-corrected chi connectivity index (χ2v) is 4.77. The molecule has 0 saturated carbocycles. The summed E-state index contributed by atoms with van der Waals surface area (Å²) in [4.78, 5) is 0. The molecule has 0 spiro atoms. The number of fused-ring (bicyclic) bond motifs is 2. The Labute approximate surface area is 117 Å². The third-order valence-corrected chi connectivity index (χ3v) is 3.48. The first-order valence-corrected chi connectivity index (χ1v) is 6.64. The lowest BCUT2D eigenvalue weighted by molar-refractivity contribution is 0.481. The summed E-state index contributed by atoms with van der Waals surface area (Å²) in [6, 6.07) is 24.4. The lowest BCUT2D eigenvalue weighted by Gasteiger charge is -2.24. The predicted molar refractivity (Wildman–Crippen MR) is 81.7 cm³/mol. The van der Waals surface area contributed by atoms with Gasteiger partial charge in [-0.15, -0.1) is 0 Å². The van der Waals surface area contributed by atoms with Crippen LogP contribution in [0.5, 0.6) is 11.5 Å². The van der Waals surface area contributed by atoms with Crippen LogP contribution in [0.25, 0.3) is 11.1 Å². The third-order valence-electron chi connectivity index (χ3n) is 3.48. The summed E-state index contributed by atoms with van der Waals surface area (Å²) in [5.41, 5.74) is 4.36. The molecule has 0 aliphatic carbocycles. The van der Waals surface area contributed by atoms with Crippen molar-refractivity contribution in [2.45, 2.75) is 0 Å². The maximum Gasteiger partial charge on any atom is 0.151 e. The highest BCUT2D eigenvalue weighted by atomic mass is 16.5. The van der Waals surface area contributed by atoms with Crippen LogP contribution in [0.2, 0.25) is 0 Å². The van der Waals surface area contributed by atoms with Crippen LogP contribution in [0.1, 0.15) is 0 Å². The normalized spacial score (nSPS) is 11.8. The van der Waals surface area contributed by atoms with E-state index in [1.54, 1.807) is 0 Å². The summed E-state index contributed by atoms with van der Waals surface area (Å²) in [6.07, 6.45) is 0. The predicted octanol–water partition coefficient (Wildman–Crippen LogP) is 5.20. The van der Waals surface area contributed by atoms with Gasteiger partial charge in [-0.1, -0.05) is 54.6 Å². The highest BCUT2D eigenvalue weighted by Gasteiger charge is 2.18. The molecule has 96 valence electrons. The van der Waals surface area contributed by atoms with Crippen LogP contribution in [0.15, 0.2) is 72.8 Å². The van der Waals surface area contributed by atoms with E-state index in [0.29, 0.717) is 0 Å². The van der Waals surface area contributed by atoms with Gasteiger partial charge in [0, 0.05) is 5.56 Å². The summed E-state index contributed by atoms with van der Waals surface area (Å²) < 4.78 is 5.98. The second kappa shape index (κ2) is 4.42. The van der Waals surface area contributed by atoms with Gasteiger partial charge in [0.1, 0.15) is 0 Å².